The van der Waals surface area contributed by atoms with Gasteiger partial charge in [-0.05, 0) is 24.3 Å². The lowest BCUT2D eigenvalue weighted by Crippen LogP contribution is -2.26. The van der Waals surface area contributed by atoms with Crippen LogP contribution in [0.3, 0.4) is 0 Å². The molecule has 0 spiro atoms. The molecule has 0 aliphatic rings. The molecule has 1 heterocycles. The van der Waals surface area contributed by atoms with Gasteiger partial charge in [0.15, 0.2) is 5.13 Å². The number of thiazole rings is 1. The van der Waals surface area contributed by atoms with Crippen LogP contribution < -0.4 is 9.04 Å². The van der Waals surface area contributed by atoms with E-state index in [0.29, 0.717) is 21.4 Å². The molecule has 0 bridgehead atoms. The third kappa shape index (κ3) is 2.75. The zero-order chi connectivity index (χ0) is 16.6. The first-order valence-electron chi connectivity index (χ1n) is 6.62. The molecule has 0 amide bonds. The van der Waals surface area contributed by atoms with Gasteiger partial charge < -0.3 is 4.74 Å². The van der Waals surface area contributed by atoms with E-state index in [4.69, 9.17) is 16.3 Å². The summed E-state index contributed by atoms with van der Waals surface area (Å²) in [5, 5.41) is 0.840. The maximum Gasteiger partial charge on any atom is 0.269 e. The van der Waals surface area contributed by atoms with Crippen molar-refractivity contribution in [1.82, 2.24) is 4.98 Å². The van der Waals surface area contributed by atoms with Gasteiger partial charge in [0.05, 0.1) is 16.8 Å². The smallest absolute Gasteiger partial charge is 0.269 e. The Labute approximate surface area is 143 Å². The summed E-state index contributed by atoms with van der Waals surface area (Å²) in [6.45, 7) is 0. The van der Waals surface area contributed by atoms with Crippen LogP contribution in [0.4, 0.5) is 5.13 Å². The van der Waals surface area contributed by atoms with Gasteiger partial charge in [-0.2, -0.15) is 0 Å². The minimum atomic E-state index is -3.78. The highest BCUT2D eigenvalue weighted by Crippen LogP contribution is 2.35. The van der Waals surface area contributed by atoms with E-state index in [0.717, 1.165) is 9.01 Å². The summed E-state index contributed by atoms with van der Waals surface area (Å²) in [5.41, 5.74) is 0.594. The van der Waals surface area contributed by atoms with Gasteiger partial charge in [-0.1, -0.05) is 41.1 Å². The van der Waals surface area contributed by atoms with Crippen molar-refractivity contribution in [2.24, 2.45) is 0 Å². The van der Waals surface area contributed by atoms with E-state index in [2.05, 4.69) is 4.98 Å². The SMILES string of the molecule is COc1ccccc1S(=O)(=O)N(C)c1nc2c(Cl)cccc2s1. The highest BCUT2D eigenvalue weighted by molar-refractivity contribution is 7.93. The van der Waals surface area contributed by atoms with E-state index >= 15 is 0 Å². The Bertz CT molecular complexity index is 970. The number of benzene rings is 2. The predicted molar refractivity (Wildman–Crippen MR) is 93.2 cm³/mol. The molecule has 0 unspecified atom stereocenters. The molecule has 0 radical (unpaired) electrons. The molecule has 1 aromatic heterocycles. The van der Waals surface area contributed by atoms with E-state index in [-0.39, 0.29) is 4.90 Å². The first-order valence-corrected chi connectivity index (χ1v) is 9.25. The Balaban J connectivity index is 2.10. The summed E-state index contributed by atoms with van der Waals surface area (Å²) in [6, 6.07) is 11.9. The molecule has 0 aliphatic heterocycles. The van der Waals surface area contributed by atoms with Crippen LogP contribution in [0.15, 0.2) is 47.4 Å². The minimum Gasteiger partial charge on any atom is -0.495 e. The van der Waals surface area contributed by atoms with Crippen LogP contribution >= 0.6 is 22.9 Å². The van der Waals surface area contributed by atoms with Crippen molar-refractivity contribution in [3.05, 3.63) is 47.5 Å². The lowest BCUT2D eigenvalue weighted by molar-refractivity contribution is 0.402. The number of halogens is 1. The lowest BCUT2D eigenvalue weighted by atomic mass is 10.3. The summed E-state index contributed by atoms with van der Waals surface area (Å²) in [5.74, 6) is 0.290. The van der Waals surface area contributed by atoms with Crippen LogP contribution in [-0.2, 0) is 10.0 Å². The third-order valence-electron chi connectivity index (χ3n) is 3.34. The quantitative estimate of drug-likeness (QED) is 0.703. The Hall–Kier alpha value is -1.83. The fourth-order valence-corrected chi connectivity index (χ4v) is 4.86. The molecule has 0 saturated heterocycles. The summed E-state index contributed by atoms with van der Waals surface area (Å²) in [4.78, 5) is 4.44. The van der Waals surface area contributed by atoms with Crippen LogP contribution in [0, 0.1) is 0 Å². The molecule has 0 atom stereocenters. The Morgan fingerprint density at radius 3 is 2.61 bits per heavy atom. The Kier molecular flexibility index (Phi) is 4.18. The summed E-state index contributed by atoms with van der Waals surface area (Å²) in [7, 11) is -0.880. The van der Waals surface area contributed by atoms with Gasteiger partial charge >= 0.3 is 0 Å². The second-order valence-electron chi connectivity index (χ2n) is 4.71. The largest absolute Gasteiger partial charge is 0.495 e. The maximum atomic E-state index is 12.9. The van der Waals surface area contributed by atoms with Crippen LogP contribution in [0.5, 0.6) is 5.75 Å². The summed E-state index contributed by atoms with van der Waals surface area (Å²) in [6.07, 6.45) is 0. The van der Waals surface area contributed by atoms with E-state index in [9.17, 15) is 8.42 Å². The van der Waals surface area contributed by atoms with Gasteiger partial charge in [0.1, 0.15) is 16.2 Å². The van der Waals surface area contributed by atoms with E-state index in [1.165, 1.54) is 31.6 Å². The van der Waals surface area contributed by atoms with E-state index in [1.54, 1.807) is 30.3 Å². The van der Waals surface area contributed by atoms with Gasteiger partial charge in [0.2, 0.25) is 0 Å². The number of methoxy groups -OCH3 is 1. The molecular weight excluding hydrogens is 356 g/mol. The normalized spacial score (nSPS) is 11.6. The van der Waals surface area contributed by atoms with Gasteiger partial charge in [-0.25, -0.2) is 17.7 Å². The first-order chi connectivity index (χ1) is 10.9. The standard InChI is InChI=1S/C15H13ClN2O3S2/c1-18(15-17-14-10(16)6-5-8-12(14)22-15)23(19,20)13-9-4-3-7-11(13)21-2/h3-9H,1-2H3. The van der Waals surface area contributed by atoms with E-state index in [1.807, 2.05) is 6.07 Å². The maximum absolute atomic E-state index is 12.9. The van der Waals surface area contributed by atoms with Crippen LogP contribution in [0.25, 0.3) is 10.2 Å². The number of aromatic nitrogens is 1. The van der Waals surface area contributed by atoms with Gasteiger partial charge in [-0.3, -0.25) is 0 Å². The van der Waals surface area contributed by atoms with Gasteiger partial charge in [0.25, 0.3) is 10.0 Å². The lowest BCUT2D eigenvalue weighted by Gasteiger charge is -2.17. The monoisotopic (exact) mass is 368 g/mol. The molecular formula is C15H13ClN2O3S2. The number of hydrogen-bond acceptors (Lipinski definition) is 5. The number of nitrogens with zero attached hydrogens (tertiary/aromatic N) is 2. The second-order valence-corrected chi connectivity index (χ2v) is 8.06. The fraction of sp³-hybridized carbons (Fsp3) is 0.133. The third-order valence-corrected chi connectivity index (χ3v) is 6.64. The zero-order valence-corrected chi connectivity index (χ0v) is 14.7. The van der Waals surface area contributed by atoms with Crippen molar-refractivity contribution in [3.63, 3.8) is 0 Å². The van der Waals surface area contributed by atoms with Crippen molar-refractivity contribution < 1.29 is 13.2 Å². The Morgan fingerprint density at radius 2 is 1.91 bits per heavy atom. The molecule has 5 nitrogen and oxygen atoms in total. The molecule has 0 saturated carbocycles. The molecule has 3 aromatic rings. The predicted octanol–water partition coefficient (Wildman–Crippen LogP) is 3.78. The number of fused-ring (bicyclic) bond motifs is 1. The van der Waals surface area contributed by atoms with Crippen molar-refractivity contribution in [2.75, 3.05) is 18.5 Å². The fourth-order valence-electron chi connectivity index (χ4n) is 2.12. The topological polar surface area (TPSA) is 59.5 Å². The van der Waals surface area contributed by atoms with Crippen LogP contribution in [0.2, 0.25) is 5.02 Å². The summed E-state index contributed by atoms with van der Waals surface area (Å²) >= 11 is 7.38. The molecule has 3 rings (SSSR count). The average molecular weight is 369 g/mol. The Morgan fingerprint density at radius 1 is 1.17 bits per heavy atom. The second kappa shape index (κ2) is 5.99. The number of sulfonamides is 1. The number of anilines is 1. The molecule has 120 valence electrons. The van der Waals surface area contributed by atoms with Crippen molar-refractivity contribution in [2.45, 2.75) is 4.90 Å². The van der Waals surface area contributed by atoms with Crippen molar-refractivity contribution in [1.29, 1.82) is 0 Å². The van der Waals surface area contributed by atoms with Crippen molar-refractivity contribution in [3.8, 4) is 5.75 Å². The minimum absolute atomic E-state index is 0.0929. The highest BCUT2D eigenvalue weighted by atomic mass is 35.5. The van der Waals surface area contributed by atoms with Crippen LogP contribution in [-0.4, -0.2) is 27.6 Å². The molecule has 8 heteroatoms. The number of para-hydroxylation sites is 2. The first kappa shape index (κ1) is 16.0. The number of hydrogen-bond donors (Lipinski definition) is 0. The molecule has 0 aliphatic carbocycles. The van der Waals surface area contributed by atoms with Gasteiger partial charge in [-0.15, -0.1) is 0 Å². The van der Waals surface area contributed by atoms with Gasteiger partial charge in [0, 0.05) is 7.05 Å². The zero-order valence-electron chi connectivity index (χ0n) is 12.4. The molecule has 0 fully saturated rings. The molecule has 2 aromatic carbocycles. The van der Waals surface area contributed by atoms with Crippen LogP contribution in [0.1, 0.15) is 0 Å². The molecule has 23 heavy (non-hydrogen) atoms. The van der Waals surface area contributed by atoms with Crippen molar-refractivity contribution >= 4 is 48.3 Å². The highest BCUT2D eigenvalue weighted by Gasteiger charge is 2.27. The molecule has 0 N–H and O–H groups in total. The number of rotatable bonds is 4. The average Bonchev–Trinajstić information content (AvgIpc) is 2.99. The summed E-state index contributed by atoms with van der Waals surface area (Å²) < 4.78 is 32.8. The number of ether oxygens (including phenoxy) is 1. The van der Waals surface area contributed by atoms with E-state index < -0.39 is 10.0 Å².